The van der Waals surface area contributed by atoms with Crippen molar-refractivity contribution >= 4 is 23.4 Å². The molecule has 1 aromatic heterocycles. The molecule has 2 rings (SSSR count). The molecule has 0 spiro atoms. The molecule has 2 aromatic rings. The summed E-state index contributed by atoms with van der Waals surface area (Å²) >= 11 is 7.84. The number of thioether (sulfide) groups is 1. The molecule has 0 N–H and O–H groups in total. The molecule has 0 aliphatic rings. The zero-order chi connectivity index (χ0) is 13.8. The highest BCUT2D eigenvalue weighted by atomic mass is 35.5. The van der Waals surface area contributed by atoms with Crippen LogP contribution in [0.25, 0.3) is 0 Å². The second-order valence-corrected chi connectivity index (χ2v) is 6.53. The number of hydrogen-bond donors (Lipinski definition) is 0. The Labute approximate surface area is 122 Å². The minimum atomic E-state index is 0.214. The molecule has 102 valence electrons. The lowest BCUT2D eigenvalue weighted by Crippen LogP contribution is -2.08. The first kappa shape index (κ1) is 14.3. The van der Waals surface area contributed by atoms with Gasteiger partial charge in [0, 0.05) is 16.8 Å². The standard InChI is InChI=1S/C13H17ClN4S/c1-9(2)8-18-13(15-16-17-18)19-10(3)11-6-4-5-7-12(11)14/h4-7,9-10H,8H2,1-3H3. The zero-order valence-electron chi connectivity index (χ0n) is 11.2. The highest BCUT2D eigenvalue weighted by Crippen LogP contribution is 2.36. The number of nitrogens with zero attached hydrogens (tertiary/aromatic N) is 4. The number of rotatable bonds is 5. The summed E-state index contributed by atoms with van der Waals surface area (Å²) in [7, 11) is 0. The highest BCUT2D eigenvalue weighted by molar-refractivity contribution is 7.99. The van der Waals surface area contributed by atoms with Crippen molar-refractivity contribution in [1.29, 1.82) is 0 Å². The van der Waals surface area contributed by atoms with Gasteiger partial charge in [0.2, 0.25) is 5.16 Å². The van der Waals surface area contributed by atoms with Crippen LogP contribution in [-0.2, 0) is 6.54 Å². The van der Waals surface area contributed by atoms with Gasteiger partial charge in [-0.1, -0.05) is 55.4 Å². The van der Waals surface area contributed by atoms with Gasteiger partial charge in [-0.05, 0) is 34.9 Å². The molecule has 0 fully saturated rings. The smallest absolute Gasteiger partial charge is 0.209 e. The van der Waals surface area contributed by atoms with Gasteiger partial charge in [-0.25, -0.2) is 4.68 Å². The maximum atomic E-state index is 6.21. The van der Waals surface area contributed by atoms with E-state index in [2.05, 4.69) is 36.3 Å². The van der Waals surface area contributed by atoms with Gasteiger partial charge in [-0.2, -0.15) is 0 Å². The number of halogens is 1. The summed E-state index contributed by atoms with van der Waals surface area (Å²) < 4.78 is 1.85. The Balaban J connectivity index is 2.13. The van der Waals surface area contributed by atoms with Crippen LogP contribution in [0.15, 0.2) is 29.4 Å². The highest BCUT2D eigenvalue weighted by Gasteiger charge is 2.15. The van der Waals surface area contributed by atoms with Gasteiger partial charge in [-0.3, -0.25) is 0 Å². The number of aromatic nitrogens is 4. The molecule has 0 aliphatic heterocycles. The van der Waals surface area contributed by atoms with Crippen molar-refractivity contribution in [2.24, 2.45) is 5.92 Å². The molecule has 0 bridgehead atoms. The first-order chi connectivity index (χ1) is 9.08. The molecule has 1 aromatic carbocycles. The summed E-state index contributed by atoms with van der Waals surface area (Å²) in [6.45, 7) is 7.23. The summed E-state index contributed by atoms with van der Waals surface area (Å²) in [6, 6.07) is 7.88. The SMILES string of the molecule is CC(C)Cn1nnnc1SC(C)c1ccccc1Cl. The average Bonchev–Trinajstić information content (AvgIpc) is 2.76. The van der Waals surface area contributed by atoms with Crippen molar-refractivity contribution in [3.63, 3.8) is 0 Å². The fourth-order valence-corrected chi connectivity index (χ4v) is 3.10. The van der Waals surface area contributed by atoms with Gasteiger partial charge in [0.15, 0.2) is 0 Å². The summed E-state index contributed by atoms with van der Waals surface area (Å²) in [5, 5.41) is 13.7. The molecule has 0 amide bonds. The Morgan fingerprint density at radius 1 is 1.26 bits per heavy atom. The molecule has 0 saturated heterocycles. The Hall–Kier alpha value is -1.07. The van der Waals surface area contributed by atoms with Crippen LogP contribution in [0.3, 0.4) is 0 Å². The van der Waals surface area contributed by atoms with Gasteiger partial charge in [0.05, 0.1) is 0 Å². The lowest BCUT2D eigenvalue weighted by atomic mass is 10.2. The normalized spacial score (nSPS) is 12.9. The second-order valence-electron chi connectivity index (χ2n) is 4.82. The predicted octanol–water partition coefficient (Wildman–Crippen LogP) is 3.84. The molecular formula is C13H17ClN4S. The summed E-state index contributed by atoms with van der Waals surface area (Å²) in [4.78, 5) is 0. The Morgan fingerprint density at radius 2 is 2.00 bits per heavy atom. The molecular weight excluding hydrogens is 280 g/mol. The van der Waals surface area contributed by atoms with Gasteiger partial charge in [0.1, 0.15) is 0 Å². The fraction of sp³-hybridized carbons (Fsp3) is 0.462. The zero-order valence-corrected chi connectivity index (χ0v) is 12.8. The van der Waals surface area contributed by atoms with Crippen LogP contribution < -0.4 is 0 Å². The van der Waals surface area contributed by atoms with Crippen LogP contribution in [-0.4, -0.2) is 20.2 Å². The first-order valence-electron chi connectivity index (χ1n) is 6.25. The van der Waals surface area contributed by atoms with Crippen molar-refractivity contribution in [3.05, 3.63) is 34.9 Å². The molecule has 1 unspecified atom stereocenters. The molecule has 1 heterocycles. The molecule has 0 aliphatic carbocycles. The van der Waals surface area contributed by atoms with E-state index >= 15 is 0 Å². The second kappa shape index (κ2) is 6.39. The molecule has 4 nitrogen and oxygen atoms in total. The van der Waals surface area contributed by atoms with E-state index in [9.17, 15) is 0 Å². The number of benzene rings is 1. The lowest BCUT2D eigenvalue weighted by molar-refractivity contribution is 0.445. The molecule has 0 saturated carbocycles. The maximum absolute atomic E-state index is 6.21. The van der Waals surface area contributed by atoms with Gasteiger partial charge >= 0.3 is 0 Å². The van der Waals surface area contributed by atoms with E-state index in [1.165, 1.54) is 0 Å². The van der Waals surface area contributed by atoms with Gasteiger partial charge in [0.25, 0.3) is 0 Å². The number of tetrazole rings is 1. The predicted molar refractivity (Wildman–Crippen MR) is 78.4 cm³/mol. The van der Waals surface area contributed by atoms with Crippen molar-refractivity contribution in [1.82, 2.24) is 20.2 Å². The quantitative estimate of drug-likeness (QED) is 0.786. The summed E-state index contributed by atoms with van der Waals surface area (Å²) in [5.74, 6) is 0.512. The number of hydrogen-bond acceptors (Lipinski definition) is 4. The van der Waals surface area contributed by atoms with Crippen LogP contribution in [0, 0.1) is 5.92 Å². The topological polar surface area (TPSA) is 43.6 Å². The van der Waals surface area contributed by atoms with Gasteiger partial charge < -0.3 is 0 Å². The molecule has 19 heavy (non-hydrogen) atoms. The maximum Gasteiger partial charge on any atom is 0.209 e. The average molecular weight is 297 g/mol. The summed E-state index contributed by atoms with van der Waals surface area (Å²) in [5.41, 5.74) is 1.10. The Kier molecular flexibility index (Phi) is 4.82. The van der Waals surface area contributed by atoms with Crippen molar-refractivity contribution in [3.8, 4) is 0 Å². The van der Waals surface area contributed by atoms with Crippen molar-refractivity contribution in [2.75, 3.05) is 0 Å². The third-order valence-corrected chi connectivity index (χ3v) is 4.12. The Morgan fingerprint density at radius 3 is 2.68 bits per heavy atom. The molecule has 6 heteroatoms. The van der Waals surface area contributed by atoms with E-state index in [0.717, 1.165) is 22.3 Å². The minimum Gasteiger partial charge on any atom is -0.220 e. The van der Waals surface area contributed by atoms with E-state index in [-0.39, 0.29) is 5.25 Å². The van der Waals surface area contributed by atoms with E-state index in [1.54, 1.807) is 11.8 Å². The Bertz CT molecular complexity index is 541. The minimum absolute atomic E-state index is 0.214. The van der Waals surface area contributed by atoms with Crippen LogP contribution in [0.5, 0.6) is 0 Å². The van der Waals surface area contributed by atoms with Crippen LogP contribution in [0.1, 0.15) is 31.6 Å². The van der Waals surface area contributed by atoms with E-state index < -0.39 is 0 Å². The first-order valence-corrected chi connectivity index (χ1v) is 7.51. The third kappa shape index (κ3) is 3.70. The van der Waals surface area contributed by atoms with E-state index in [4.69, 9.17) is 11.6 Å². The van der Waals surface area contributed by atoms with E-state index in [0.29, 0.717) is 5.92 Å². The molecule has 0 radical (unpaired) electrons. The largest absolute Gasteiger partial charge is 0.220 e. The van der Waals surface area contributed by atoms with Crippen molar-refractivity contribution < 1.29 is 0 Å². The van der Waals surface area contributed by atoms with E-state index in [1.807, 2.05) is 28.9 Å². The third-order valence-electron chi connectivity index (χ3n) is 2.66. The van der Waals surface area contributed by atoms with Crippen molar-refractivity contribution in [2.45, 2.75) is 37.7 Å². The fourth-order valence-electron chi connectivity index (χ4n) is 1.77. The van der Waals surface area contributed by atoms with Crippen LogP contribution in [0.4, 0.5) is 0 Å². The molecule has 1 atom stereocenters. The van der Waals surface area contributed by atoms with Crippen LogP contribution >= 0.6 is 23.4 Å². The van der Waals surface area contributed by atoms with Gasteiger partial charge in [-0.15, -0.1) is 5.10 Å². The lowest BCUT2D eigenvalue weighted by Gasteiger charge is -2.13. The monoisotopic (exact) mass is 296 g/mol. The summed E-state index contributed by atoms with van der Waals surface area (Å²) in [6.07, 6.45) is 0. The van der Waals surface area contributed by atoms with Crippen LogP contribution in [0.2, 0.25) is 5.02 Å².